The van der Waals surface area contributed by atoms with E-state index in [1.165, 1.54) is 63.4 Å². The second-order valence-electron chi connectivity index (χ2n) is 6.37. The second-order valence-corrected chi connectivity index (χ2v) is 6.37. The number of benzene rings is 1. The van der Waals surface area contributed by atoms with Gasteiger partial charge < -0.3 is 4.74 Å². The van der Waals surface area contributed by atoms with Crippen molar-refractivity contribution in [2.75, 3.05) is 6.61 Å². The number of hydrogen-bond acceptors (Lipinski definition) is 1. The zero-order valence-electron chi connectivity index (χ0n) is 14.4. The third kappa shape index (κ3) is 10.6. The number of hydrogen-bond donors (Lipinski definition) is 0. The highest BCUT2D eigenvalue weighted by Crippen LogP contribution is 2.13. The second kappa shape index (κ2) is 13.6. The first-order chi connectivity index (χ1) is 10.8. The summed E-state index contributed by atoms with van der Waals surface area (Å²) in [5, 5.41) is 0. The maximum Gasteiger partial charge on any atom is 0.0716 e. The minimum Gasteiger partial charge on any atom is -0.377 e. The van der Waals surface area contributed by atoms with Gasteiger partial charge in [0, 0.05) is 6.61 Å². The Bertz CT molecular complexity index is 357. The van der Waals surface area contributed by atoms with Crippen LogP contribution < -0.4 is 0 Å². The van der Waals surface area contributed by atoms with Crippen molar-refractivity contribution in [3.63, 3.8) is 0 Å². The van der Waals surface area contributed by atoms with E-state index >= 15 is 0 Å². The van der Waals surface area contributed by atoms with Gasteiger partial charge in [-0.2, -0.15) is 0 Å². The van der Waals surface area contributed by atoms with Gasteiger partial charge in [-0.05, 0) is 24.3 Å². The smallest absolute Gasteiger partial charge is 0.0716 e. The summed E-state index contributed by atoms with van der Waals surface area (Å²) in [5.41, 5.74) is 1.27. The van der Waals surface area contributed by atoms with E-state index in [9.17, 15) is 0 Å². The minimum absolute atomic E-state index is 0.691. The SMILES string of the molecule is C=CC(C)CCCCCCCCCCOCc1ccccc1. The molecule has 1 aromatic carbocycles. The summed E-state index contributed by atoms with van der Waals surface area (Å²) in [6.45, 7) is 7.75. The van der Waals surface area contributed by atoms with Gasteiger partial charge in [0.15, 0.2) is 0 Å². The molecule has 0 spiro atoms. The maximum atomic E-state index is 5.70. The molecule has 0 saturated carbocycles. The first-order valence-corrected chi connectivity index (χ1v) is 9.07. The number of unbranched alkanes of at least 4 members (excludes halogenated alkanes) is 7. The van der Waals surface area contributed by atoms with Gasteiger partial charge in [0.2, 0.25) is 0 Å². The van der Waals surface area contributed by atoms with Gasteiger partial charge >= 0.3 is 0 Å². The van der Waals surface area contributed by atoms with Crippen LogP contribution in [0.1, 0.15) is 70.3 Å². The Kier molecular flexibility index (Phi) is 11.7. The standard InChI is InChI=1S/C21H34O/c1-3-20(2)15-11-8-6-4-5-7-9-14-18-22-19-21-16-12-10-13-17-21/h3,10,12-13,16-17,20H,1,4-9,11,14-15,18-19H2,2H3. The molecule has 124 valence electrons. The van der Waals surface area contributed by atoms with E-state index in [4.69, 9.17) is 4.74 Å². The molecular formula is C21H34O. The van der Waals surface area contributed by atoms with E-state index in [0.717, 1.165) is 13.2 Å². The van der Waals surface area contributed by atoms with Crippen molar-refractivity contribution in [2.45, 2.75) is 71.3 Å². The highest BCUT2D eigenvalue weighted by Gasteiger charge is 1.97. The molecule has 0 N–H and O–H groups in total. The van der Waals surface area contributed by atoms with Crippen LogP contribution in [0.25, 0.3) is 0 Å². The average Bonchev–Trinajstić information content (AvgIpc) is 2.56. The first kappa shape index (κ1) is 19.0. The summed E-state index contributed by atoms with van der Waals surface area (Å²) >= 11 is 0. The number of rotatable bonds is 14. The normalized spacial score (nSPS) is 12.2. The Morgan fingerprint density at radius 2 is 1.50 bits per heavy atom. The molecule has 0 fully saturated rings. The quantitative estimate of drug-likeness (QED) is 0.280. The summed E-state index contributed by atoms with van der Waals surface area (Å²) < 4.78 is 5.70. The fourth-order valence-electron chi connectivity index (χ4n) is 2.61. The molecule has 0 aliphatic rings. The monoisotopic (exact) mass is 302 g/mol. The third-order valence-corrected chi connectivity index (χ3v) is 4.21. The van der Waals surface area contributed by atoms with Crippen LogP contribution >= 0.6 is 0 Å². The summed E-state index contributed by atoms with van der Waals surface area (Å²) in [6.07, 6.45) is 14.2. The highest BCUT2D eigenvalue weighted by molar-refractivity contribution is 5.13. The van der Waals surface area contributed by atoms with Crippen molar-refractivity contribution in [3.8, 4) is 0 Å². The van der Waals surface area contributed by atoms with E-state index in [1.807, 2.05) is 6.07 Å². The molecule has 0 radical (unpaired) electrons. The van der Waals surface area contributed by atoms with Crippen LogP contribution in [0.3, 0.4) is 0 Å². The van der Waals surface area contributed by atoms with E-state index in [1.54, 1.807) is 0 Å². The number of allylic oxidation sites excluding steroid dienone is 1. The molecule has 0 aliphatic carbocycles. The summed E-state index contributed by atoms with van der Waals surface area (Å²) in [4.78, 5) is 0. The molecule has 1 heteroatoms. The Morgan fingerprint density at radius 1 is 0.909 bits per heavy atom. The lowest BCUT2D eigenvalue weighted by Gasteiger charge is -2.06. The molecule has 1 rings (SSSR count). The van der Waals surface area contributed by atoms with Crippen molar-refractivity contribution in [1.82, 2.24) is 0 Å². The predicted octanol–water partition coefficient (Wildman–Crippen LogP) is 6.54. The predicted molar refractivity (Wildman–Crippen MR) is 97.0 cm³/mol. The summed E-state index contributed by atoms with van der Waals surface area (Å²) in [5.74, 6) is 0.691. The van der Waals surface area contributed by atoms with Crippen LogP contribution in [0.4, 0.5) is 0 Å². The molecule has 0 aliphatic heterocycles. The minimum atomic E-state index is 0.691. The fraction of sp³-hybridized carbons (Fsp3) is 0.619. The van der Waals surface area contributed by atoms with Crippen LogP contribution in [-0.2, 0) is 11.3 Å². The van der Waals surface area contributed by atoms with E-state index < -0.39 is 0 Å². The van der Waals surface area contributed by atoms with Gasteiger partial charge in [-0.3, -0.25) is 0 Å². The maximum absolute atomic E-state index is 5.70. The Balaban J connectivity index is 1.77. The van der Waals surface area contributed by atoms with Gasteiger partial charge in [0.25, 0.3) is 0 Å². The van der Waals surface area contributed by atoms with Crippen molar-refractivity contribution < 1.29 is 4.74 Å². The number of ether oxygens (including phenoxy) is 1. The van der Waals surface area contributed by atoms with Gasteiger partial charge in [0.1, 0.15) is 0 Å². The van der Waals surface area contributed by atoms with Gasteiger partial charge in [-0.25, -0.2) is 0 Å². The average molecular weight is 303 g/mol. The molecule has 1 aromatic rings. The Hall–Kier alpha value is -1.08. The van der Waals surface area contributed by atoms with Crippen LogP contribution in [0.5, 0.6) is 0 Å². The van der Waals surface area contributed by atoms with Gasteiger partial charge in [-0.15, -0.1) is 6.58 Å². The highest BCUT2D eigenvalue weighted by atomic mass is 16.5. The van der Waals surface area contributed by atoms with Crippen molar-refractivity contribution in [3.05, 3.63) is 48.6 Å². The molecule has 0 bridgehead atoms. The first-order valence-electron chi connectivity index (χ1n) is 9.07. The van der Waals surface area contributed by atoms with Crippen LogP contribution in [0, 0.1) is 5.92 Å². The van der Waals surface area contributed by atoms with Crippen molar-refractivity contribution in [2.24, 2.45) is 5.92 Å². The molecule has 0 saturated heterocycles. The van der Waals surface area contributed by atoms with Gasteiger partial charge in [0.05, 0.1) is 6.61 Å². The zero-order valence-corrected chi connectivity index (χ0v) is 14.4. The van der Waals surface area contributed by atoms with E-state index in [-0.39, 0.29) is 0 Å². The van der Waals surface area contributed by atoms with E-state index in [2.05, 4.69) is 43.8 Å². The summed E-state index contributed by atoms with van der Waals surface area (Å²) in [6, 6.07) is 10.4. The van der Waals surface area contributed by atoms with E-state index in [0.29, 0.717) is 5.92 Å². The largest absolute Gasteiger partial charge is 0.377 e. The molecule has 0 aromatic heterocycles. The van der Waals surface area contributed by atoms with Crippen LogP contribution in [0.2, 0.25) is 0 Å². The molecule has 0 heterocycles. The van der Waals surface area contributed by atoms with Crippen molar-refractivity contribution >= 4 is 0 Å². The summed E-state index contributed by atoms with van der Waals surface area (Å²) in [7, 11) is 0. The Labute approximate surface area is 137 Å². The molecular weight excluding hydrogens is 268 g/mol. The molecule has 1 atom stereocenters. The molecule has 0 amide bonds. The third-order valence-electron chi connectivity index (χ3n) is 4.21. The lowest BCUT2D eigenvalue weighted by Crippen LogP contribution is -1.95. The molecule has 1 unspecified atom stereocenters. The fourth-order valence-corrected chi connectivity index (χ4v) is 2.61. The van der Waals surface area contributed by atoms with Crippen LogP contribution in [0.15, 0.2) is 43.0 Å². The lowest BCUT2D eigenvalue weighted by atomic mass is 10.0. The molecule has 1 nitrogen and oxygen atoms in total. The zero-order chi connectivity index (χ0) is 15.9. The lowest BCUT2D eigenvalue weighted by molar-refractivity contribution is 0.116. The molecule has 22 heavy (non-hydrogen) atoms. The van der Waals surface area contributed by atoms with Gasteiger partial charge in [-0.1, -0.05) is 88.3 Å². The Morgan fingerprint density at radius 3 is 2.14 bits per heavy atom. The van der Waals surface area contributed by atoms with Crippen LogP contribution in [-0.4, -0.2) is 6.61 Å². The van der Waals surface area contributed by atoms with Crippen molar-refractivity contribution in [1.29, 1.82) is 0 Å². The topological polar surface area (TPSA) is 9.23 Å².